The predicted molar refractivity (Wildman–Crippen MR) is 135 cm³/mol. The predicted octanol–water partition coefficient (Wildman–Crippen LogP) is 6.26. The maximum atomic E-state index is 13.7. The highest BCUT2D eigenvalue weighted by Crippen LogP contribution is 2.41. The number of nitrogens with zero attached hydrogens (tertiary/aromatic N) is 1. The summed E-state index contributed by atoms with van der Waals surface area (Å²) >= 11 is 0. The zero-order valence-corrected chi connectivity index (χ0v) is 19.1. The molecule has 176 valence electrons. The first-order valence-electron chi connectivity index (χ1n) is 11.5. The lowest BCUT2D eigenvalue weighted by Gasteiger charge is -2.25. The van der Waals surface area contributed by atoms with Crippen LogP contribution in [-0.2, 0) is 6.61 Å². The van der Waals surface area contributed by atoms with E-state index in [0.29, 0.717) is 34.6 Å². The molecule has 1 atom stereocenters. The third kappa shape index (κ3) is 3.73. The lowest BCUT2D eigenvalue weighted by molar-refractivity contribution is 0.0971. The van der Waals surface area contributed by atoms with E-state index in [-0.39, 0.29) is 16.8 Å². The number of hydrogen-bond acceptors (Lipinski definition) is 4. The largest absolute Gasteiger partial charge is 0.489 e. The van der Waals surface area contributed by atoms with Crippen LogP contribution in [0.15, 0.2) is 112 Å². The van der Waals surface area contributed by atoms with Crippen LogP contribution in [0.4, 0.5) is 10.1 Å². The molecular weight excluding hydrogens is 457 g/mol. The number of carbonyl (C=O) groups is 1. The standard InChI is InChI=1S/C30H20FNO4/c31-21-13-15-22(16-14-21)32-27(20-9-6-10-23(17-20)35-18-19-7-2-1-3-8-19)26-28(33)24-11-4-5-12-25(24)36-29(26)30(32)34/h1-17,27H,18H2. The first-order chi connectivity index (χ1) is 17.6. The Kier molecular flexibility index (Phi) is 5.34. The van der Waals surface area contributed by atoms with Crippen LogP contribution < -0.4 is 15.1 Å². The van der Waals surface area contributed by atoms with Gasteiger partial charge in [-0.2, -0.15) is 0 Å². The van der Waals surface area contributed by atoms with E-state index in [0.717, 1.165) is 5.56 Å². The van der Waals surface area contributed by atoms with E-state index in [9.17, 15) is 14.0 Å². The Morgan fingerprint density at radius 3 is 2.39 bits per heavy atom. The Morgan fingerprint density at radius 1 is 0.833 bits per heavy atom. The minimum atomic E-state index is -0.765. The van der Waals surface area contributed by atoms with Crippen molar-refractivity contribution < 1.29 is 18.3 Å². The van der Waals surface area contributed by atoms with Crippen molar-refractivity contribution >= 4 is 22.6 Å². The molecule has 5 aromatic rings. The molecule has 2 heterocycles. The topological polar surface area (TPSA) is 59.8 Å². The van der Waals surface area contributed by atoms with Crippen molar-refractivity contribution in [2.75, 3.05) is 4.90 Å². The maximum Gasteiger partial charge on any atom is 0.295 e. The summed E-state index contributed by atoms with van der Waals surface area (Å²) in [7, 11) is 0. The second-order valence-corrected chi connectivity index (χ2v) is 8.57. The number of benzene rings is 4. The number of carbonyl (C=O) groups excluding carboxylic acids is 1. The van der Waals surface area contributed by atoms with Gasteiger partial charge in [-0.3, -0.25) is 14.5 Å². The highest BCUT2D eigenvalue weighted by atomic mass is 19.1. The molecule has 1 aromatic heterocycles. The van der Waals surface area contributed by atoms with Gasteiger partial charge in [-0.15, -0.1) is 0 Å². The van der Waals surface area contributed by atoms with Gasteiger partial charge >= 0.3 is 0 Å². The van der Waals surface area contributed by atoms with Gasteiger partial charge in [0.2, 0.25) is 5.76 Å². The summed E-state index contributed by atoms with van der Waals surface area (Å²) in [6.45, 7) is 0.374. The highest BCUT2D eigenvalue weighted by molar-refractivity contribution is 6.10. The van der Waals surface area contributed by atoms with Crippen molar-refractivity contribution in [3.05, 3.63) is 142 Å². The van der Waals surface area contributed by atoms with Crippen LogP contribution >= 0.6 is 0 Å². The van der Waals surface area contributed by atoms with Crippen LogP contribution in [0.1, 0.15) is 33.3 Å². The molecule has 4 aromatic carbocycles. The van der Waals surface area contributed by atoms with Gasteiger partial charge in [-0.05, 0) is 59.7 Å². The molecule has 1 unspecified atom stereocenters. The molecule has 0 spiro atoms. The van der Waals surface area contributed by atoms with E-state index in [1.165, 1.54) is 29.2 Å². The first-order valence-corrected chi connectivity index (χ1v) is 11.5. The minimum Gasteiger partial charge on any atom is -0.489 e. The number of halogens is 1. The number of anilines is 1. The first kappa shape index (κ1) is 21.8. The Balaban J connectivity index is 1.48. The van der Waals surface area contributed by atoms with Crippen LogP contribution in [0.3, 0.4) is 0 Å². The van der Waals surface area contributed by atoms with Crippen molar-refractivity contribution in [3.63, 3.8) is 0 Å². The molecule has 0 aliphatic carbocycles. The summed E-state index contributed by atoms with van der Waals surface area (Å²) in [4.78, 5) is 28.7. The zero-order chi connectivity index (χ0) is 24.6. The molecule has 6 rings (SSSR count). The molecule has 0 fully saturated rings. The van der Waals surface area contributed by atoms with Gasteiger partial charge in [0.25, 0.3) is 5.91 Å². The molecule has 6 heteroatoms. The van der Waals surface area contributed by atoms with Crippen molar-refractivity contribution in [2.45, 2.75) is 12.6 Å². The van der Waals surface area contributed by atoms with Gasteiger partial charge < -0.3 is 9.15 Å². The molecule has 1 aliphatic heterocycles. The molecule has 0 saturated heterocycles. The van der Waals surface area contributed by atoms with E-state index < -0.39 is 17.8 Å². The van der Waals surface area contributed by atoms with Gasteiger partial charge in [0.1, 0.15) is 23.8 Å². The number of para-hydroxylation sites is 1. The fourth-order valence-electron chi connectivity index (χ4n) is 4.62. The second-order valence-electron chi connectivity index (χ2n) is 8.57. The van der Waals surface area contributed by atoms with Crippen molar-refractivity contribution in [2.24, 2.45) is 0 Å². The fourth-order valence-corrected chi connectivity index (χ4v) is 4.62. The van der Waals surface area contributed by atoms with Crippen molar-refractivity contribution in [1.29, 1.82) is 0 Å². The number of fused-ring (bicyclic) bond motifs is 2. The van der Waals surface area contributed by atoms with Crippen molar-refractivity contribution in [3.8, 4) is 5.75 Å². The number of hydrogen-bond donors (Lipinski definition) is 0. The molecule has 0 N–H and O–H groups in total. The minimum absolute atomic E-state index is 0.0105. The van der Waals surface area contributed by atoms with E-state index >= 15 is 0 Å². The second kappa shape index (κ2) is 8.82. The Bertz CT molecular complexity index is 1640. The molecular formula is C30H20FNO4. The molecule has 0 saturated carbocycles. The fraction of sp³-hybridized carbons (Fsp3) is 0.0667. The monoisotopic (exact) mass is 477 g/mol. The highest BCUT2D eigenvalue weighted by Gasteiger charge is 2.43. The average molecular weight is 477 g/mol. The third-order valence-electron chi connectivity index (χ3n) is 6.30. The third-order valence-corrected chi connectivity index (χ3v) is 6.30. The maximum absolute atomic E-state index is 13.7. The van der Waals surface area contributed by atoms with E-state index in [4.69, 9.17) is 9.15 Å². The normalized spacial score (nSPS) is 14.8. The number of amides is 1. The molecule has 1 amide bonds. The van der Waals surface area contributed by atoms with Crippen molar-refractivity contribution in [1.82, 2.24) is 0 Å². The SMILES string of the molecule is O=C1c2oc3ccccc3c(=O)c2C(c2cccc(OCc3ccccc3)c2)N1c1ccc(F)cc1. The molecule has 1 aliphatic rings. The molecule has 5 nitrogen and oxygen atoms in total. The number of ether oxygens (including phenoxy) is 1. The Morgan fingerprint density at radius 2 is 1.58 bits per heavy atom. The lowest BCUT2D eigenvalue weighted by atomic mass is 9.98. The summed E-state index contributed by atoms with van der Waals surface area (Å²) in [5.41, 5.74) is 2.48. The van der Waals surface area contributed by atoms with Crippen LogP contribution in [0, 0.1) is 5.82 Å². The average Bonchev–Trinajstić information content (AvgIpc) is 3.21. The van der Waals surface area contributed by atoms with E-state index in [1.807, 2.05) is 54.6 Å². The summed E-state index contributed by atoms with van der Waals surface area (Å²) in [6, 6.07) is 28.8. The van der Waals surface area contributed by atoms with Gasteiger partial charge in [-0.1, -0.05) is 54.6 Å². The molecule has 36 heavy (non-hydrogen) atoms. The summed E-state index contributed by atoms with van der Waals surface area (Å²) in [6.07, 6.45) is 0. The smallest absolute Gasteiger partial charge is 0.295 e. The van der Waals surface area contributed by atoms with E-state index in [2.05, 4.69) is 0 Å². The number of rotatable bonds is 5. The van der Waals surface area contributed by atoms with Crippen LogP contribution in [0.5, 0.6) is 5.75 Å². The lowest BCUT2D eigenvalue weighted by Crippen LogP contribution is -2.29. The summed E-state index contributed by atoms with van der Waals surface area (Å²) < 4.78 is 25.7. The molecule has 0 radical (unpaired) electrons. The molecule has 0 bridgehead atoms. The van der Waals surface area contributed by atoms with Crippen LogP contribution in [0.25, 0.3) is 11.0 Å². The summed E-state index contributed by atoms with van der Waals surface area (Å²) in [5, 5.41) is 0.395. The van der Waals surface area contributed by atoms with Gasteiger partial charge in [0.05, 0.1) is 17.0 Å². The summed E-state index contributed by atoms with van der Waals surface area (Å²) in [5.74, 6) is -0.291. The van der Waals surface area contributed by atoms with Gasteiger partial charge in [0.15, 0.2) is 5.43 Å². The Labute approximate surface area is 206 Å². The van der Waals surface area contributed by atoms with Gasteiger partial charge in [0, 0.05) is 5.69 Å². The van der Waals surface area contributed by atoms with Gasteiger partial charge in [-0.25, -0.2) is 4.39 Å². The Hall–Kier alpha value is -4.71. The van der Waals surface area contributed by atoms with Crippen LogP contribution in [0.2, 0.25) is 0 Å². The zero-order valence-electron chi connectivity index (χ0n) is 19.1. The van der Waals surface area contributed by atoms with E-state index in [1.54, 1.807) is 24.3 Å². The quantitative estimate of drug-likeness (QED) is 0.300. The van der Waals surface area contributed by atoms with Crippen LogP contribution in [-0.4, -0.2) is 5.91 Å².